The van der Waals surface area contributed by atoms with Crippen molar-refractivity contribution in [2.75, 3.05) is 6.54 Å². The molecule has 2 aromatic heterocycles. The zero-order chi connectivity index (χ0) is 19.8. The predicted octanol–water partition coefficient (Wildman–Crippen LogP) is 5.49. The molecule has 0 N–H and O–H groups in total. The van der Waals surface area contributed by atoms with Crippen molar-refractivity contribution < 1.29 is 4.79 Å². The van der Waals surface area contributed by atoms with Crippen LogP contribution in [-0.2, 0) is 11.2 Å². The zero-order valence-electron chi connectivity index (χ0n) is 17.1. The van der Waals surface area contributed by atoms with Gasteiger partial charge in [0, 0.05) is 47.8 Å². The summed E-state index contributed by atoms with van der Waals surface area (Å²) in [5.74, 6) is 0.692. The van der Waals surface area contributed by atoms with Crippen LogP contribution < -0.4 is 0 Å². The summed E-state index contributed by atoms with van der Waals surface area (Å²) in [6.45, 7) is 2.94. The Balaban J connectivity index is 1.31. The maximum Gasteiger partial charge on any atom is 0.225 e. The third-order valence-electron chi connectivity index (χ3n) is 6.46. The van der Waals surface area contributed by atoms with Gasteiger partial charge in [-0.15, -0.1) is 11.3 Å². The van der Waals surface area contributed by atoms with Crippen LogP contribution in [0.2, 0.25) is 0 Å². The number of hydrogen-bond donors (Lipinski definition) is 0. The average molecular weight is 408 g/mol. The van der Waals surface area contributed by atoms with E-state index in [1.165, 1.54) is 43.4 Å². The normalized spacial score (nSPS) is 17.7. The maximum absolute atomic E-state index is 13.1. The number of rotatable bonds is 6. The Kier molecular flexibility index (Phi) is 5.17. The first kappa shape index (κ1) is 18.9. The second-order valence-electron chi connectivity index (χ2n) is 8.72. The highest BCUT2D eigenvalue weighted by molar-refractivity contribution is 7.15. The van der Waals surface area contributed by atoms with Gasteiger partial charge in [-0.1, -0.05) is 49.1 Å². The standard InChI is InChI=1S/C24H29N3OS/c1-17-7-9-18(10-8-17)22-15-27-21(16-29-24(27)25-22)13-14-26(20-11-12-20)23(28)19-5-3-2-4-6-19/h7-10,15-16,19-20H,2-6,11-14H2,1H3. The van der Waals surface area contributed by atoms with Gasteiger partial charge in [0.25, 0.3) is 0 Å². The largest absolute Gasteiger partial charge is 0.339 e. The summed E-state index contributed by atoms with van der Waals surface area (Å²) in [5.41, 5.74) is 4.70. The fraction of sp³-hybridized carbons (Fsp3) is 0.500. The minimum absolute atomic E-state index is 0.272. The van der Waals surface area contributed by atoms with E-state index < -0.39 is 0 Å². The second kappa shape index (κ2) is 7.94. The highest BCUT2D eigenvalue weighted by Gasteiger charge is 2.35. The number of aryl methyl sites for hydroxylation is 1. The number of carbonyl (C=O) groups is 1. The number of fused-ring (bicyclic) bond motifs is 1. The summed E-state index contributed by atoms with van der Waals surface area (Å²) in [4.78, 5) is 21.2. The highest BCUT2D eigenvalue weighted by atomic mass is 32.1. The number of aromatic nitrogens is 2. The van der Waals surface area contributed by atoms with E-state index in [2.05, 4.69) is 52.1 Å². The van der Waals surface area contributed by atoms with Crippen molar-refractivity contribution in [3.8, 4) is 11.3 Å². The number of imidazole rings is 1. The topological polar surface area (TPSA) is 37.6 Å². The molecule has 1 aromatic carbocycles. The molecule has 2 aliphatic rings. The molecular weight excluding hydrogens is 378 g/mol. The Bertz CT molecular complexity index is 993. The Morgan fingerprint density at radius 1 is 1.14 bits per heavy atom. The van der Waals surface area contributed by atoms with E-state index in [1.807, 2.05) is 0 Å². The van der Waals surface area contributed by atoms with Crippen LogP contribution in [0.15, 0.2) is 35.8 Å². The second-order valence-corrected chi connectivity index (χ2v) is 9.56. The number of carbonyl (C=O) groups excluding carboxylic acids is 1. The van der Waals surface area contributed by atoms with E-state index in [9.17, 15) is 4.79 Å². The van der Waals surface area contributed by atoms with Gasteiger partial charge in [-0.25, -0.2) is 4.98 Å². The van der Waals surface area contributed by atoms with Gasteiger partial charge in [0.15, 0.2) is 4.96 Å². The van der Waals surface area contributed by atoms with Gasteiger partial charge in [0.1, 0.15) is 0 Å². The predicted molar refractivity (Wildman–Crippen MR) is 118 cm³/mol. The molecule has 1 amide bonds. The van der Waals surface area contributed by atoms with Crippen molar-refractivity contribution in [2.24, 2.45) is 5.92 Å². The number of benzene rings is 1. The molecule has 0 radical (unpaired) electrons. The van der Waals surface area contributed by atoms with Gasteiger partial charge in [0.2, 0.25) is 5.91 Å². The molecule has 29 heavy (non-hydrogen) atoms. The molecule has 3 aromatic rings. The minimum atomic E-state index is 0.272. The fourth-order valence-corrected chi connectivity index (χ4v) is 5.46. The van der Waals surface area contributed by atoms with Gasteiger partial charge in [-0.2, -0.15) is 0 Å². The van der Waals surface area contributed by atoms with Crippen molar-refractivity contribution in [2.45, 2.75) is 64.3 Å². The molecule has 152 valence electrons. The van der Waals surface area contributed by atoms with Crippen LogP contribution in [0, 0.1) is 12.8 Å². The SMILES string of the molecule is Cc1ccc(-c2cn3c(CCN(C(=O)C4CCCCC4)C4CC4)csc3n2)cc1. The van der Waals surface area contributed by atoms with E-state index in [0.29, 0.717) is 11.9 Å². The number of hydrogen-bond acceptors (Lipinski definition) is 3. The lowest BCUT2D eigenvalue weighted by atomic mass is 9.88. The molecule has 0 aliphatic heterocycles. The molecule has 0 spiro atoms. The van der Waals surface area contributed by atoms with Crippen molar-refractivity contribution >= 4 is 22.2 Å². The lowest BCUT2D eigenvalue weighted by molar-refractivity contribution is -0.137. The summed E-state index contributed by atoms with van der Waals surface area (Å²) < 4.78 is 2.22. The van der Waals surface area contributed by atoms with Gasteiger partial charge in [-0.3, -0.25) is 9.20 Å². The van der Waals surface area contributed by atoms with Crippen LogP contribution in [0.3, 0.4) is 0 Å². The smallest absolute Gasteiger partial charge is 0.225 e. The van der Waals surface area contributed by atoms with Crippen LogP contribution in [0.25, 0.3) is 16.2 Å². The summed E-state index contributed by atoms with van der Waals surface area (Å²) in [6, 6.07) is 9.03. The van der Waals surface area contributed by atoms with E-state index in [4.69, 9.17) is 4.98 Å². The highest BCUT2D eigenvalue weighted by Crippen LogP contribution is 2.33. The molecular formula is C24H29N3OS. The molecule has 0 unspecified atom stereocenters. The molecule has 2 heterocycles. The van der Waals surface area contributed by atoms with Crippen molar-refractivity contribution in [3.63, 3.8) is 0 Å². The maximum atomic E-state index is 13.1. The summed E-state index contributed by atoms with van der Waals surface area (Å²) in [7, 11) is 0. The van der Waals surface area contributed by atoms with Gasteiger partial charge >= 0.3 is 0 Å². The van der Waals surface area contributed by atoms with Gasteiger partial charge < -0.3 is 4.90 Å². The molecule has 0 atom stereocenters. The molecule has 2 aliphatic carbocycles. The molecule has 0 saturated heterocycles. The molecule has 2 fully saturated rings. The summed E-state index contributed by atoms with van der Waals surface area (Å²) in [6.07, 6.45) is 11.3. The van der Waals surface area contributed by atoms with Crippen molar-refractivity contribution in [1.29, 1.82) is 0 Å². The van der Waals surface area contributed by atoms with Crippen LogP contribution >= 0.6 is 11.3 Å². The Morgan fingerprint density at radius 3 is 2.62 bits per heavy atom. The summed E-state index contributed by atoms with van der Waals surface area (Å²) in [5, 5.41) is 2.21. The monoisotopic (exact) mass is 407 g/mol. The van der Waals surface area contributed by atoms with Gasteiger partial charge in [0.05, 0.1) is 5.69 Å². The van der Waals surface area contributed by atoms with E-state index in [0.717, 1.165) is 42.0 Å². The van der Waals surface area contributed by atoms with Crippen molar-refractivity contribution in [3.05, 3.63) is 47.1 Å². The quantitative estimate of drug-likeness (QED) is 0.542. The third kappa shape index (κ3) is 3.97. The lowest BCUT2D eigenvalue weighted by Crippen LogP contribution is -2.40. The number of thiazole rings is 1. The van der Waals surface area contributed by atoms with Crippen molar-refractivity contribution in [1.82, 2.24) is 14.3 Å². The molecule has 4 nitrogen and oxygen atoms in total. The third-order valence-corrected chi connectivity index (χ3v) is 7.35. The van der Waals surface area contributed by atoms with Crippen LogP contribution in [0.4, 0.5) is 0 Å². The first-order valence-corrected chi connectivity index (χ1v) is 11.9. The minimum Gasteiger partial charge on any atom is -0.339 e. The Hall–Kier alpha value is -2.14. The number of amides is 1. The molecule has 5 rings (SSSR count). The first-order chi connectivity index (χ1) is 14.2. The zero-order valence-corrected chi connectivity index (χ0v) is 18.0. The molecule has 0 bridgehead atoms. The van der Waals surface area contributed by atoms with Crippen LogP contribution in [0.1, 0.15) is 56.2 Å². The lowest BCUT2D eigenvalue weighted by Gasteiger charge is -2.29. The Labute approximate surface area is 176 Å². The average Bonchev–Trinajstić information content (AvgIpc) is 3.38. The molecule has 2 saturated carbocycles. The first-order valence-electron chi connectivity index (χ1n) is 11.0. The summed E-state index contributed by atoms with van der Waals surface area (Å²) >= 11 is 1.69. The van der Waals surface area contributed by atoms with Gasteiger partial charge in [-0.05, 0) is 32.6 Å². The molecule has 5 heteroatoms. The Morgan fingerprint density at radius 2 is 1.90 bits per heavy atom. The van der Waals surface area contributed by atoms with E-state index in [1.54, 1.807) is 11.3 Å². The fourth-order valence-electron chi connectivity index (χ4n) is 4.55. The van der Waals surface area contributed by atoms with E-state index in [-0.39, 0.29) is 5.92 Å². The van der Waals surface area contributed by atoms with E-state index >= 15 is 0 Å². The number of nitrogens with zero attached hydrogens (tertiary/aromatic N) is 3. The van der Waals surface area contributed by atoms with Crippen LogP contribution in [-0.4, -0.2) is 32.8 Å². The van der Waals surface area contributed by atoms with Crippen LogP contribution in [0.5, 0.6) is 0 Å².